The van der Waals surface area contributed by atoms with E-state index in [4.69, 9.17) is 45.0 Å². The number of aliphatic hydroxyl groups excluding tert-OH is 1. The Bertz CT molecular complexity index is 1630. The summed E-state index contributed by atoms with van der Waals surface area (Å²) in [5.41, 5.74) is 2.55. The Morgan fingerprint density at radius 3 is 2.40 bits per heavy atom. The molecule has 3 unspecified atom stereocenters. The van der Waals surface area contributed by atoms with Crippen molar-refractivity contribution in [3.63, 3.8) is 0 Å². The fourth-order valence-electron chi connectivity index (χ4n) is 9.70. The van der Waals surface area contributed by atoms with E-state index in [-0.39, 0.29) is 72.4 Å². The lowest BCUT2D eigenvalue weighted by Crippen LogP contribution is -2.59. The Balaban J connectivity index is 1.26. The number of methoxy groups -OCH3 is 3. The number of allylic oxidation sites excluding steroid dienone is 2. The van der Waals surface area contributed by atoms with E-state index in [2.05, 4.69) is 6.08 Å². The van der Waals surface area contributed by atoms with E-state index in [9.17, 15) is 14.7 Å². The summed E-state index contributed by atoms with van der Waals surface area (Å²) in [5, 5.41) is 12.7. The number of Topliss-reactive ketones (excluding diaryl/α,β-unsaturated/α-hetero) is 1. The molecule has 1 saturated carbocycles. The molecule has 0 radical (unpaired) electrons. The molecule has 284 valence electrons. The van der Waals surface area contributed by atoms with Crippen LogP contribution in [0.2, 0.25) is 5.02 Å². The molecule has 3 heterocycles. The lowest BCUT2D eigenvalue weighted by Gasteiger charge is -2.44. The first kappa shape index (κ1) is 38.1. The molecule has 5 aliphatic rings. The summed E-state index contributed by atoms with van der Waals surface area (Å²) >= 11 is 7.95. The number of rotatable bonds is 7. The van der Waals surface area contributed by atoms with Gasteiger partial charge in [-0.25, -0.2) is 4.98 Å². The van der Waals surface area contributed by atoms with E-state index < -0.39 is 30.3 Å². The largest absolute Gasteiger partial charge is 0.462 e. The minimum Gasteiger partial charge on any atom is -0.462 e. The van der Waals surface area contributed by atoms with Crippen molar-refractivity contribution >= 4 is 34.7 Å². The molecule has 0 spiro atoms. The zero-order valence-electron chi connectivity index (χ0n) is 30.9. The van der Waals surface area contributed by atoms with Crippen molar-refractivity contribution in [3.05, 3.63) is 51.5 Å². The van der Waals surface area contributed by atoms with Gasteiger partial charge in [-0.05, 0) is 75.0 Å². The van der Waals surface area contributed by atoms with Gasteiger partial charge in [0, 0.05) is 60.5 Å². The molecule has 52 heavy (non-hydrogen) atoms. The van der Waals surface area contributed by atoms with Crippen LogP contribution in [0.5, 0.6) is 0 Å². The predicted octanol–water partition coefficient (Wildman–Crippen LogP) is 6.86. The molecule has 1 aromatic heterocycles. The first-order chi connectivity index (χ1) is 25.1. The minimum absolute atomic E-state index is 0.0477. The summed E-state index contributed by atoms with van der Waals surface area (Å²) in [6.07, 6.45) is 2.96. The number of carbonyl (C=O) groups excluding carboxylic acids is 2. The van der Waals surface area contributed by atoms with Crippen LogP contribution in [0, 0.1) is 23.7 Å². The van der Waals surface area contributed by atoms with Crippen molar-refractivity contribution in [3.8, 4) is 10.6 Å². The Labute approximate surface area is 315 Å². The second-order valence-electron chi connectivity index (χ2n) is 15.3. The van der Waals surface area contributed by atoms with Gasteiger partial charge in [0.1, 0.15) is 29.4 Å². The van der Waals surface area contributed by atoms with Crippen LogP contribution < -0.4 is 0 Å². The highest BCUT2D eigenvalue weighted by atomic mass is 35.5. The number of nitrogens with zero attached hydrogens (tertiary/aromatic N) is 1. The smallest absolute Gasteiger partial charge is 0.306 e. The molecule has 10 nitrogen and oxygen atoms in total. The number of carbonyl (C=O) groups is 2. The van der Waals surface area contributed by atoms with Gasteiger partial charge in [-0.1, -0.05) is 43.7 Å². The van der Waals surface area contributed by atoms with E-state index in [1.165, 1.54) is 4.88 Å². The molecule has 7 rings (SSSR count). The fourth-order valence-corrected chi connectivity index (χ4v) is 11.1. The lowest BCUT2D eigenvalue weighted by atomic mass is 9.67. The van der Waals surface area contributed by atoms with E-state index in [1.807, 2.05) is 45.0 Å². The molecular weight excluding hydrogens is 706 g/mol. The SMILES string of the molecule is CC[C@H]1CCC[C@H](O)[C@@H](C)C(=O)C2=C[C@H]3[C@@H]4C[C@H](O[C@@H]5OC(C)[C@H](OC)C(OC)C5OC)C[C@H]4c4sc(-c5ccc(Cl)cc5)nc4[C@H]3[C@@H]2CC(=O)O1. The lowest BCUT2D eigenvalue weighted by molar-refractivity contribution is -0.314. The number of hydrogen-bond donors (Lipinski definition) is 1. The monoisotopic (exact) mass is 757 g/mol. The second kappa shape index (κ2) is 15.9. The molecule has 2 aromatic rings. The number of halogens is 1. The minimum atomic E-state index is -0.770. The van der Waals surface area contributed by atoms with Crippen molar-refractivity contribution < 1.29 is 43.1 Å². The van der Waals surface area contributed by atoms with Crippen molar-refractivity contribution in [2.24, 2.45) is 23.7 Å². The standard InChI is InChI=1S/C40H52ClNO9S/c1-7-23-9-8-10-30(43)19(2)34(45)28-17-26-25-15-24(51-40-37(48-6)36(47-5)35(46-4)20(3)49-40)16-29(25)38-33(32(26)27(28)18-31(44)50-23)42-39(52-38)21-11-13-22(41)14-12-21/h11-14,17,19-20,23-27,29-30,32,35-37,40,43H,7-10,15-16,18H2,1-6H3/t19-,20?,23+,24+,25+,26+,27-,29-,30+,32-,35+,36?,37?,40+/m1/s1. The molecule has 12 heteroatoms. The number of hydrogen-bond acceptors (Lipinski definition) is 11. The maximum Gasteiger partial charge on any atom is 0.306 e. The number of benzene rings is 1. The summed E-state index contributed by atoms with van der Waals surface area (Å²) in [7, 11) is 4.93. The molecule has 0 amide bonds. The normalized spacial score (nSPS) is 39.3. The number of cyclic esters (lactones) is 1. The molecule has 1 aromatic carbocycles. The average Bonchev–Trinajstić information content (AvgIpc) is 3.85. The van der Waals surface area contributed by atoms with Crippen molar-refractivity contribution in [2.45, 2.75) is 127 Å². The molecule has 3 aliphatic carbocycles. The van der Waals surface area contributed by atoms with E-state index in [0.29, 0.717) is 36.3 Å². The number of esters is 1. The van der Waals surface area contributed by atoms with Crippen molar-refractivity contribution in [1.82, 2.24) is 4.98 Å². The van der Waals surface area contributed by atoms with E-state index in [0.717, 1.165) is 29.1 Å². The van der Waals surface area contributed by atoms with Gasteiger partial charge < -0.3 is 33.5 Å². The van der Waals surface area contributed by atoms with Crippen LogP contribution >= 0.6 is 22.9 Å². The van der Waals surface area contributed by atoms with Gasteiger partial charge in [0.2, 0.25) is 0 Å². The number of aliphatic hydroxyl groups is 1. The van der Waals surface area contributed by atoms with Gasteiger partial charge in [0.25, 0.3) is 0 Å². The number of thiazole rings is 1. The maximum absolute atomic E-state index is 14.3. The Morgan fingerprint density at radius 1 is 0.981 bits per heavy atom. The second-order valence-corrected chi connectivity index (χ2v) is 16.8. The number of ketones is 1. The van der Waals surface area contributed by atoms with Crippen LogP contribution in [-0.2, 0) is 38.0 Å². The molecule has 2 aliphatic heterocycles. The average molecular weight is 758 g/mol. The predicted molar refractivity (Wildman–Crippen MR) is 196 cm³/mol. The highest BCUT2D eigenvalue weighted by Gasteiger charge is 2.57. The molecule has 3 fully saturated rings. The Kier molecular flexibility index (Phi) is 11.6. The summed E-state index contributed by atoms with van der Waals surface area (Å²) in [6.45, 7) is 5.79. The molecule has 0 bridgehead atoms. The summed E-state index contributed by atoms with van der Waals surface area (Å²) in [4.78, 5) is 34.5. The third kappa shape index (κ3) is 7.05. The van der Waals surface area contributed by atoms with Crippen molar-refractivity contribution in [1.29, 1.82) is 0 Å². The first-order valence-corrected chi connectivity index (χ1v) is 20.0. The first-order valence-electron chi connectivity index (χ1n) is 18.9. The number of aromatic nitrogens is 1. The van der Waals surface area contributed by atoms with Crippen LogP contribution in [0.1, 0.15) is 88.1 Å². The Morgan fingerprint density at radius 2 is 1.71 bits per heavy atom. The summed E-state index contributed by atoms with van der Waals surface area (Å²) < 4.78 is 36.7. The van der Waals surface area contributed by atoms with Crippen LogP contribution in [0.4, 0.5) is 0 Å². The van der Waals surface area contributed by atoms with Crippen LogP contribution in [0.25, 0.3) is 10.6 Å². The van der Waals surface area contributed by atoms with Gasteiger partial charge in [0.15, 0.2) is 12.1 Å². The highest BCUT2D eigenvalue weighted by Crippen LogP contribution is 2.63. The zero-order valence-corrected chi connectivity index (χ0v) is 32.4. The summed E-state index contributed by atoms with van der Waals surface area (Å²) in [5.74, 6) is -1.35. The summed E-state index contributed by atoms with van der Waals surface area (Å²) in [6, 6.07) is 7.71. The van der Waals surface area contributed by atoms with Gasteiger partial charge in [-0.15, -0.1) is 11.3 Å². The third-order valence-corrected chi connectivity index (χ3v) is 13.9. The third-order valence-electron chi connectivity index (χ3n) is 12.4. The zero-order chi connectivity index (χ0) is 36.8. The van der Waals surface area contributed by atoms with Crippen LogP contribution in [0.3, 0.4) is 0 Å². The molecular formula is C40H52ClNO9S. The van der Waals surface area contributed by atoms with E-state index >= 15 is 0 Å². The van der Waals surface area contributed by atoms with Crippen molar-refractivity contribution in [2.75, 3.05) is 21.3 Å². The van der Waals surface area contributed by atoms with Gasteiger partial charge in [-0.2, -0.15) is 0 Å². The number of ether oxygens (including phenoxy) is 6. The quantitative estimate of drug-likeness (QED) is 0.300. The molecule has 14 atom stereocenters. The maximum atomic E-state index is 14.3. The van der Waals surface area contributed by atoms with Gasteiger partial charge >= 0.3 is 5.97 Å². The van der Waals surface area contributed by atoms with Crippen LogP contribution in [0.15, 0.2) is 35.9 Å². The highest BCUT2D eigenvalue weighted by molar-refractivity contribution is 7.15. The molecule has 2 saturated heterocycles. The van der Waals surface area contributed by atoms with Gasteiger partial charge in [0.05, 0.1) is 30.4 Å². The van der Waals surface area contributed by atoms with Crippen LogP contribution in [-0.4, -0.2) is 92.2 Å². The van der Waals surface area contributed by atoms with E-state index in [1.54, 1.807) is 32.7 Å². The van der Waals surface area contributed by atoms with Gasteiger partial charge in [-0.3, -0.25) is 9.59 Å². The topological polar surface area (TPSA) is 123 Å². The Hall–Kier alpha value is -2.22. The molecule has 1 N–H and O–H groups in total. The number of fused-ring (bicyclic) bond motifs is 8. The fraction of sp³-hybridized carbons (Fsp3) is 0.675.